The smallest absolute Gasteiger partial charge is 0.134 e. The van der Waals surface area contributed by atoms with Crippen LogP contribution in [-0.4, -0.2) is 18.3 Å². The van der Waals surface area contributed by atoms with Crippen molar-refractivity contribution in [3.05, 3.63) is 65.7 Å². The summed E-state index contributed by atoms with van der Waals surface area (Å²) >= 11 is 0. The van der Waals surface area contributed by atoms with Crippen molar-refractivity contribution in [1.29, 1.82) is 0 Å². The Hall–Kier alpha value is -2.24. The van der Waals surface area contributed by atoms with Crippen LogP contribution in [0.25, 0.3) is 0 Å². The second kappa shape index (κ2) is 8.92. The third kappa shape index (κ3) is 5.27. The molecule has 1 unspecified atom stereocenters. The Labute approximate surface area is 132 Å². The number of rotatable bonds is 6. The first-order valence-corrected chi connectivity index (χ1v) is 7.63. The fraction of sp³-hybridized carbons (Fsp3) is 0.300. The van der Waals surface area contributed by atoms with E-state index in [-0.39, 0.29) is 6.10 Å². The van der Waals surface area contributed by atoms with Crippen molar-refractivity contribution in [2.45, 2.75) is 31.8 Å². The molecule has 2 rings (SSSR count). The average Bonchev–Trinajstić information content (AvgIpc) is 2.56. The largest absolute Gasteiger partial charge is 0.495 e. The minimum absolute atomic E-state index is 0.296. The molecule has 0 aliphatic carbocycles. The number of benzene rings is 2. The molecule has 114 valence electrons. The van der Waals surface area contributed by atoms with Crippen LogP contribution in [0.5, 0.6) is 5.75 Å². The number of aliphatic hydroxyl groups excluding tert-OH is 1. The molecule has 2 heteroatoms. The summed E-state index contributed by atoms with van der Waals surface area (Å²) in [5.41, 5.74) is 2.09. The third-order valence-corrected chi connectivity index (χ3v) is 3.48. The maximum Gasteiger partial charge on any atom is 0.134 e. The molecule has 0 spiro atoms. The van der Waals surface area contributed by atoms with Gasteiger partial charge in [-0.3, -0.25) is 0 Å². The van der Waals surface area contributed by atoms with Crippen LogP contribution >= 0.6 is 0 Å². The van der Waals surface area contributed by atoms with Crippen LogP contribution in [0.15, 0.2) is 54.6 Å². The van der Waals surface area contributed by atoms with Gasteiger partial charge >= 0.3 is 0 Å². The molecule has 0 bridgehead atoms. The van der Waals surface area contributed by atoms with Crippen LogP contribution in [-0.2, 0) is 6.42 Å². The molecular formula is C20H22O2. The van der Waals surface area contributed by atoms with Crippen molar-refractivity contribution >= 4 is 0 Å². The van der Waals surface area contributed by atoms with E-state index < -0.39 is 0 Å². The highest BCUT2D eigenvalue weighted by Crippen LogP contribution is 2.15. The molecular weight excluding hydrogens is 272 g/mol. The van der Waals surface area contributed by atoms with Gasteiger partial charge in [-0.15, -0.1) is 0 Å². The van der Waals surface area contributed by atoms with Crippen LogP contribution in [0.4, 0.5) is 0 Å². The lowest BCUT2D eigenvalue weighted by Crippen LogP contribution is -2.09. The molecule has 0 radical (unpaired) electrons. The quantitative estimate of drug-likeness (QED) is 0.648. The van der Waals surface area contributed by atoms with E-state index in [1.54, 1.807) is 7.11 Å². The average molecular weight is 294 g/mol. The van der Waals surface area contributed by atoms with Crippen molar-refractivity contribution < 1.29 is 9.84 Å². The molecule has 0 aromatic heterocycles. The second-order valence-corrected chi connectivity index (χ2v) is 5.24. The Morgan fingerprint density at radius 3 is 2.55 bits per heavy atom. The molecule has 2 aromatic rings. The Kier molecular flexibility index (Phi) is 6.54. The summed E-state index contributed by atoms with van der Waals surface area (Å²) in [5.74, 6) is 7.09. The highest BCUT2D eigenvalue weighted by atomic mass is 16.5. The van der Waals surface area contributed by atoms with Crippen molar-refractivity contribution in [2.75, 3.05) is 7.11 Å². The van der Waals surface area contributed by atoms with E-state index >= 15 is 0 Å². The molecule has 1 N–H and O–H groups in total. The summed E-state index contributed by atoms with van der Waals surface area (Å²) in [6.07, 6.45) is 2.87. The number of para-hydroxylation sites is 1. The van der Waals surface area contributed by atoms with E-state index in [2.05, 4.69) is 11.8 Å². The van der Waals surface area contributed by atoms with E-state index in [1.165, 1.54) is 5.56 Å². The Morgan fingerprint density at radius 2 is 1.77 bits per heavy atom. The van der Waals surface area contributed by atoms with Gasteiger partial charge in [0.05, 0.1) is 18.8 Å². The number of hydrogen-bond donors (Lipinski definition) is 1. The number of methoxy groups -OCH3 is 1. The van der Waals surface area contributed by atoms with Gasteiger partial charge in [-0.05, 0) is 37.0 Å². The molecule has 0 saturated heterocycles. The summed E-state index contributed by atoms with van der Waals surface area (Å²) in [6.45, 7) is 0. The molecule has 22 heavy (non-hydrogen) atoms. The minimum atomic E-state index is -0.296. The van der Waals surface area contributed by atoms with Crippen LogP contribution in [0, 0.1) is 11.8 Å². The SMILES string of the molecule is COc1ccccc1C#CCCCC(O)Cc1ccccc1. The van der Waals surface area contributed by atoms with Gasteiger partial charge in [-0.1, -0.05) is 54.3 Å². The zero-order chi connectivity index (χ0) is 15.6. The van der Waals surface area contributed by atoms with E-state index in [9.17, 15) is 5.11 Å². The summed E-state index contributed by atoms with van der Waals surface area (Å²) in [7, 11) is 1.65. The first-order chi connectivity index (χ1) is 10.8. The van der Waals surface area contributed by atoms with Gasteiger partial charge in [0, 0.05) is 6.42 Å². The lowest BCUT2D eigenvalue weighted by atomic mass is 10.0. The first-order valence-electron chi connectivity index (χ1n) is 7.63. The number of unbranched alkanes of at least 4 members (excludes halogenated alkanes) is 1. The van der Waals surface area contributed by atoms with E-state index in [4.69, 9.17) is 4.74 Å². The monoisotopic (exact) mass is 294 g/mol. The summed E-state index contributed by atoms with van der Waals surface area (Å²) in [6, 6.07) is 17.8. The summed E-state index contributed by atoms with van der Waals surface area (Å²) < 4.78 is 5.26. The molecule has 0 fully saturated rings. The molecule has 1 atom stereocenters. The normalized spacial score (nSPS) is 11.4. The number of ether oxygens (including phenoxy) is 1. The molecule has 0 aliphatic heterocycles. The van der Waals surface area contributed by atoms with E-state index in [0.717, 1.165) is 30.6 Å². The van der Waals surface area contributed by atoms with Gasteiger partial charge in [-0.2, -0.15) is 0 Å². The molecule has 0 amide bonds. The summed E-state index contributed by atoms with van der Waals surface area (Å²) in [5, 5.41) is 10.0. The maximum atomic E-state index is 10.0. The van der Waals surface area contributed by atoms with Gasteiger partial charge < -0.3 is 9.84 Å². The van der Waals surface area contributed by atoms with Crippen molar-refractivity contribution in [3.8, 4) is 17.6 Å². The van der Waals surface area contributed by atoms with Crippen LogP contribution in [0.1, 0.15) is 30.4 Å². The van der Waals surface area contributed by atoms with Crippen molar-refractivity contribution in [3.63, 3.8) is 0 Å². The van der Waals surface area contributed by atoms with E-state index in [0.29, 0.717) is 6.42 Å². The third-order valence-electron chi connectivity index (χ3n) is 3.48. The molecule has 0 heterocycles. The van der Waals surface area contributed by atoms with Crippen molar-refractivity contribution in [2.24, 2.45) is 0 Å². The number of aliphatic hydroxyl groups is 1. The molecule has 0 saturated carbocycles. The number of hydrogen-bond acceptors (Lipinski definition) is 2. The highest BCUT2D eigenvalue weighted by molar-refractivity contribution is 5.45. The summed E-state index contributed by atoms with van der Waals surface area (Å²) in [4.78, 5) is 0. The zero-order valence-electron chi connectivity index (χ0n) is 13.0. The lowest BCUT2D eigenvalue weighted by Gasteiger charge is -2.09. The predicted molar refractivity (Wildman–Crippen MR) is 89.9 cm³/mol. The van der Waals surface area contributed by atoms with Crippen molar-refractivity contribution in [1.82, 2.24) is 0 Å². The van der Waals surface area contributed by atoms with Gasteiger partial charge in [0.25, 0.3) is 0 Å². The van der Waals surface area contributed by atoms with Crippen LogP contribution < -0.4 is 4.74 Å². The Balaban J connectivity index is 1.74. The maximum absolute atomic E-state index is 10.0. The molecule has 2 aromatic carbocycles. The standard InChI is InChI=1S/C20H22O2/c1-22-20-15-9-8-13-18(20)12-6-3-7-14-19(21)16-17-10-4-2-5-11-17/h2,4-5,8-11,13,15,19,21H,3,7,14,16H2,1H3. The highest BCUT2D eigenvalue weighted by Gasteiger charge is 2.04. The minimum Gasteiger partial charge on any atom is -0.495 e. The van der Waals surface area contributed by atoms with Crippen LogP contribution in [0.3, 0.4) is 0 Å². The lowest BCUT2D eigenvalue weighted by molar-refractivity contribution is 0.162. The fourth-order valence-electron chi connectivity index (χ4n) is 2.32. The fourth-order valence-corrected chi connectivity index (χ4v) is 2.32. The van der Waals surface area contributed by atoms with Gasteiger partial charge in [0.1, 0.15) is 5.75 Å². The van der Waals surface area contributed by atoms with Gasteiger partial charge in [0.2, 0.25) is 0 Å². The topological polar surface area (TPSA) is 29.5 Å². The van der Waals surface area contributed by atoms with E-state index in [1.807, 2.05) is 54.6 Å². The predicted octanol–water partition coefficient (Wildman–Crippen LogP) is 3.82. The van der Waals surface area contributed by atoms with Gasteiger partial charge in [0.15, 0.2) is 0 Å². The Morgan fingerprint density at radius 1 is 1.05 bits per heavy atom. The first kappa shape index (κ1) is 16.1. The Bertz CT molecular complexity index is 623. The molecule has 0 aliphatic rings. The van der Waals surface area contributed by atoms with Crippen LogP contribution in [0.2, 0.25) is 0 Å². The zero-order valence-corrected chi connectivity index (χ0v) is 13.0. The van der Waals surface area contributed by atoms with Gasteiger partial charge in [-0.25, -0.2) is 0 Å². The second-order valence-electron chi connectivity index (χ2n) is 5.24. The molecule has 2 nitrogen and oxygen atoms in total.